The maximum Gasteiger partial charge on any atom is 0.227 e. The van der Waals surface area contributed by atoms with E-state index in [1.165, 1.54) is 12.8 Å². The zero-order valence-corrected chi connectivity index (χ0v) is 13.3. The van der Waals surface area contributed by atoms with Crippen LogP contribution in [-0.4, -0.2) is 33.1 Å². The Kier molecular flexibility index (Phi) is 4.67. The molecule has 0 bridgehead atoms. The van der Waals surface area contributed by atoms with E-state index >= 15 is 0 Å². The van der Waals surface area contributed by atoms with Gasteiger partial charge in [0.2, 0.25) is 11.8 Å². The minimum absolute atomic E-state index is 0.121. The molecule has 0 radical (unpaired) electrons. The summed E-state index contributed by atoms with van der Waals surface area (Å²) >= 11 is 1.70. The minimum atomic E-state index is -0.689. The van der Waals surface area contributed by atoms with E-state index in [0.29, 0.717) is 30.4 Å². The average Bonchev–Trinajstić information content (AvgIpc) is 3.26. The van der Waals surface area contributed by atoms with Gasteiger partial charge < -0.3 is 9.84 Å². The van der Waals surface area contributed by atoms with Gasteiger partial charge >= 0.3 is 0 Å². The molecule has 1 saturated heterocycles. The number of hydrogen-bond acceptors (Lipinski definition) is 6. The van der Waals surface area contributed by atoms with E-state index in [0.717, 1.165) is 24.4 Å². The Balaban J connectivity index is 1.50. The van der Waals surface area contributed by atoms with Gasteiger partial charge in [0.1, 0.15) is 5.54 Å². The fourth-order valence-electron chi connectivity index (χ4n) is 3.05. The molecule has 22 heavy (non-hydrogen) atoms. The Morgan fingerprint density at radius 3 is 3.00 bits per heavy atom. The number of nitrogens with zero attached hydrogens (tertiary/aromatic N) is 3. The molecule has 1 N–H and O–H groups in total. The molecule has 6 nitrogen and oxygen atoms in total. The number of thioether (sulfide) groups is 1. The number of carbonyl (C=O) groups is 1. The van der Waals surface area contributed by atoms with Crippen molar-refractivity contribution in [2.24, 2.45) is 0 Å². The molecule has 1 amide bonds. The van der Waals surface area contributed by atoms with Crippen molar-refractivity contribution in [3.63, 3.8) is 0 Å². The number of rotatable bonds is 5. The molecule has 1 aliphatic heterocycles. The zero-order valence-electron chi connectivity index (χ0n) is 12.5. The summed E-state index contributed by atoms with van der Waals surface area (Å²) in [6.07, 6.45) is 6.13. The van der Waals surface area contributed by atoms with Crippen LogP contribution in [-0.2, 0) is 11.2 Å². The molecule has 0 unspecified atom stereocenters. The molecule has 1 aliphatic carbocycles. The Hall–Kier alpha value is -1.55. The number of carbonyl (C=O) groups excluding carboxylic acids is 1. The maximum absolute atomic E-state index is 12.0. The molecular formula is C15H20N4O2S. The fourth-order valence-corrected chi connectivity index (χ4v) is 4.32. The van der Waals surface area contributed by atoms with E-state index in [-0.39, 0.29) is 12.3 Å². The van der Waals surface area contributed by atoms with Gasteiger partial charge in [-0.3, -0.25) is 4.79 Å². The minimum Gasteiger partial charge on any atom is -0.339 e. The van der Waals surface area contributed by atoms with Crippen LogP contribution in [0.2, 0.25) is 0 Å². The van der Waals surface area contributed by atoms with Crippen LogP contribution in [0.4, 0.5) is 0 Å². The average molecular weight is 320 g/mol. The third-order valence-electron chi connectivity index (χ3n) is 4.38. The van der Waals surface area contributed by atoms with Crippen LogP contribution in [0.15, 0.2) is 4.52 Å². The number of amides is 1. The lowest BCUT2D eigenvalue weighted by atomic mass is 10.0. The zero-order chi connectivity index (χ0) is 15.4. The maximum atomic E-state index is 12.0. The third kappa shape index (κ3) is 3.43. The van der Waals surface area contributed by atoms with E-state index in [1.807, 2.05) is 0 Å². The highest BCUT2D eigenvalue weighted by Gasteiger charge is 2.35. The first-order valence-corrected chi connectivity index (χ1v) is 8.99. The third-order valence-corrected chi connectivity index (χ3v) is 5.57. The molecule has 3 rings (SSSR count). The summed E-state index contributed by atoms with van der Waals surface area (Å²) in [6.45, 7) is 0. The first kappa shape index (κ1) is 15.3. The first-order valence-electron chi connectivity index (χ1n) is 7.83. The number of nitriles is 1. The Bertz CT molecular complexity index is 568. The topological polar surface area (TPSA) is 91.8 Å². The molecular weight excluding hydrogens is 300 g/mol. The van der Waals surface area contributed by atoms with Crippen molar-refractivity contribution in [2.45, 2.75) is 56.4 Å². The molecule has 1 aromatic rings. The SMILES string of the molecule is N#C[C@]1(NC(=O)CCc2nc(C3CCCC3)no2)CCSC1. The largest absolute Gasteiger partial charge is 0.339 e. The standard InChI is InChI=1S/C15H20N4O2S/c16-9-15(7-8-22-10-15)18-12(20)5-6-13-17-14(19-21-13)11-3-1-2-4-11/h11H,1-8,10H2,(H,18,20)/t15-/m1/s1. The first-order chi connectivity index (χ1) is 10.7. The Morgan fingerprint density at radius 1 is 1.50 bits per heavy atom. The van der Waals surface area contributed by atoms with Gasteiger partial charge in [-0.2, -0.15) is 22.0 Å². The van der Waals surface area contributed by atoms with Gasteiger partial charge in [0, 0.05) is 24.5 Å². The van der Waals surface area contributed by atoms with Crippen molar-refractivity contribution in [2.75, 3.05) is 11.5 Å². The summed E-state index contributed by atoms with van der Waals surface area (Å²) in [4.78, 5) is 16.4. The van der Waals surface area contributed by atoms with Gasteiger partial charge in [0.05, 0.1) is 6.07 Å². The molecule has 1 atom stereocenters. The number of aromatic nitrogens is 2. The van der Waals surface area contributed by atoms with Crippen molar-refractivity contribution < 1.29 is 9.32 Å². The molecule has 0 spiro atoms. The molecule has 2 fully saturated rings. The highest BCUT2D eigenvalue weighted by atomic mass is 32.2. The second-order valence-electron chi connectivity index (χ2n) is 6.07. The summed E-state index contributed by atoms with van der Waals surface area (Å²) in [5, 5.41) is 16.2. The van der Waals surface area contributed by atoms with Crippen LogP contribution >= 0.6 is 11.8 Å². The molecule has 0 aromatic carbocycles. The quantitative estimate of drug-likeness (QED) is 0.894. The highest BCUT2D eigenvalue weighted by Crippen LogP contribution is 2.32. The monoisotopic (exact) mass is 320 g/mol. The number of hydrogen-bond donors (Lipinski definition) is 1. The van der Waals surface area contributed by atoms with Crippen molar-refractivity contribution in [3.8, 4) is 6.07 Å². The number of nitrogens with one attached hydrogen (secondary N) is 1. The second-order valence-corrected chi connectivity index (χ2v) is 7.18. The van der Waals surface area contributed by atoms with Crippen LogP contribution in [0.3, 0.4) is 0 Å². The summed E-state index contributed by atoms with van der Waals surface area (Å²) in [5.74, 6) is 3.19. The van der Waals surface area contributed by atoms with Gasteiger partial charge in [-0.15, -0.1) is 0 Å². The van der Waals surface area contributed by atoms with Crippen molar-refractivity contribution >= 4 is 17.7 Å². The summed E-state index contributed by atoms with van der Waals surface area (Å²) in [6, 6.07) is 2.24. The Labute approximate surface area is 134 Å². The molecule has 2 aliphatic rings. The van der Waals surface area contributed by atoms with Crippen molar-refractivity contribution in [3.05, 3.63) is 11.7 Å². The molecule has 118 valence electrons. The van der Waals surface area contributed by atoms with E-state index in [9.17, 15) is 10.1 Å². The van der Waals surface area contributed by atoms with Crippen LogP contribution in [0.1, 0.15) is 56.2 Å². The summed E-state index contributed by atoms with van der Waals surface area (Å²) in [5.41, 5.74) is -0.689. The van der Waals surface area contributed by atoms with Gasteiger partial charge in [0.25, 0.3) is 0 Å². The van der Waals surface area contributed by atoms with Crippen LogP contribution in [0.25, 0.3) is 0 Å². The summed E-state index contributed by atoms with van der Waals surface area (Å²) in [7, 11) is 0. The predicted molar refractivity (Wildman–Crippen MR) is 82.3 cm³/mol. The van der Waals surface area contributed by atoms with E-state index in [2.05, 4.69) is 21.5 Å². The van der Waals surface area contributed by atoms with Gasteiger partial charge in [0.15, 0.2) is 5.82 Å². The lowest BCUT2D eigenvalue weighted by Crippen LogP contribution is -2.47. The number of aryl methyl sites for hydroxylation is 1. The normalized spacial score (nSPS) is 25.2. The van der Waals surface area contributed by atoms with Crippen molar-refractivity contribution in [1.82, 2.24) is 15.5 Å². The van der Waals surface area contributed by atoms with Gasteiger partial charge in [-0.1, -0.05) is 18.0 Å². The lowest BCUT2D eigenvalue weighted by molar-refractivity contribution is -0.122. The van der Waals surface area contributed by atoms with Crippen LogP contribution < -0.4 is 5.32 Å². The van der Waals surface area contributed by atoms with Crippen molar-refractivity contribution in [1.29, 1.82) is 5.26 Å². The molecule has 7 heteroatoms. The van der Waals surface area contributed by atoms with E-state index in [1.54, 1.807) is 11.8 Å². The van der Waals surface area contributed by atoms with Crippen LogP contribution in [0, 0.1) is 11.3 Å². The van der Waals surface area contributed by atoms with Gasteiger partial charge in [-0.05, 0) is 25.0 Å². The molecule has 2 heterocycles. The fraction of sp³-hybridized carbons (Fsp3) is 0.733. The van der Waals surface area contributed by atoms with Gasteiger partial charge in [-0.25, -0.2) is 0 Å². The highest BCUT2D eigenvalue weighted by molar-refractivity contribution is 7.99. The Morgan fingerprint density at radius 2 is 2.32 bits per heavy atom. The van der Waals surface area contributed by atoms with Crippen LogP contribution in [0.5, 0.6) is 0 Å². The lowest BCUT2D eigenvalue weighted by Gasteiger charge is -2.20. The predicted octanol–water partition coefficient (Wildman–Crippen LogP) is 2.18. The molecule has 1 aromatic heterocycles. The van der Waals surface area contributed by atoms with E-state index in [4.69, 9.17) is 4.52 Å². The summed E-state index contributed by atoms with van der Waals surface area (Å²) < 4.78 is 5.24. The van der Waals surface area contributed by atoms with E-state index < -0.39 is 5.54 Å². The molecule has 1 saturated carbocycles. The second kappa shape index (κ2) is 6.69. The smallest absolute Gasteiger partial charge is 0.227 e.